The third-order valence-electron chi connectivity index (χ3n) is 4.17. The van der Waals surface area contributed by atoms with E-state index in [-0.39, 0.29) is 0 Å². The highest BCUT2D eigenvalue weighted by Gasteiger charge is 2.15. The summed E-state index contributed by atoms with van der Waals surface area (Å²) in [5, 5.41) is 3.44. The molecule has 0 bridgehead atoms. The van der Waals surface area contributed by atoms with Gasteiger partial charge in [0.05, 0.1) is 11.0 Å². The van der Waals surface area contributed by atoms with E-state index in [9.17, 15) is 0 Å². The van der Waals surface area contributed by atoms with Gasteiger partial charge in [-0.1, -0.05) is 24.3 Å². The van der Waals surface area contributed by atoms with Gasteiger partial charge in [-0.15, -0.1) is 0 Å². The average Bonchev–Trinajstić information content (AvgIpc) is 3.03. The Bertz CT molecular complexity index is 814. The zero-order valence-electron chi connectivity index (χ0n) is 11.8. The molecule has 1 N–H and O–H groups in total. The van der Waals surface area contributed by atoms with Crippen molar-refractivity contribution < 1.29 is 0 Å². The molecule has 1 aliphatic rings. The van der Waals surface area contributed by atoms with Crippen molar-refractivity contribution in [2.45, 2.75) is 13.3 Å². The van der Waals surface area contributed by atoms with Crippen molar-refractivity contribution in [3.8, 4) is 11.4 Å². The first-order valence-electron chi connectivity index (χ1n) is 7.03. The minimum Gasteiger partial charge on any atom is -0.384 e. The van der Waals surface area contributed by atoms with Gasteiger partial charge in [-0.2, -0.15) is 0 Å². The number of fused-ring (bicyclic) bond motifs is 2. The van der Waals surface area contributed by atoms with Crippen LogP contribution >= 0.6 is 0 Å². The maximum atomic E-state index is 4.80. The Morgan fingerprint density at radius 1 is 1.20 bits per heavy atom. The highest BCUT2D eigenvalue weighted by molar-refractivity contribution is 5.84. The summed E-state index contributed by atoms with van der Waals surface area (Å²) >= 11 is 0. The fourth-order valence-electron chi connectivity index (χ4n) is 3.15. The number of imidazole rings is 1. The number of nitrogens with one attached hydrogen (secondary N) is 1. The molecule has 2 heterocycles. The van der Waals surface area contributed by atoms with Crippen molar-refractivity contribution in [3.05, 3.63) is 47.5 Å². The standard InChI is InChI=1S/C17H17N3/c1-11-4-3-5-14-16(11)20(2)17(19-14)13-7-6-12-8-9-18-15(12)10-13/h3-7,10,18H,8-9H2,1-2H3. The van der Waals surface area contributed by atoms with E-state index in [0.29, 0.717) is 0 Å². The second-order valence-electron chi connectivity index (χ2n) is 5.49. The Hall–Kier alpha value is -2.29. The molecule has 20 heavy (non-hydrogen) atoms. The molecule has 2 aromatic carbocycles. The van der Waals surface area contributed by atoms with E-state index in [2.05, 4.69) is 60.3 Å². The summed E-state index contributed by atoms with van der Waals surface area (Å²) in [6.07, 6.45) is 1.12. The van der Waals surface area contributed by atoms with E-state index in [1.807, 2.05) is 0 Å². The molecular formula is C17H17N3. The smallest absolute Gasteiger partial charge is 0.140 e. The van der Waals surface area contributed by atoms with Gasteiger partial charge in [-0.05, 0) is 36.6 Å². The predicted octanol–water partition coefficient (Wildman–Crippen LogP) is 3.52. The number of anilines is 1. The number of aromatic nitrogens is 2. The Morgan fingerprint density at radius 2 is 2.10 bits per heavy atom. The minimum absolute atomic E-state index is 1.03. The summed E-state index contributed by atoms with van der Waals surface area (Å²) in [5.74, 6) is 1.03. The highest BCUT2D eigenvalue weighted by atomic mass is 15.1. The molecular weight excluding hydrogens is 246 g/mol. The van der Waals surface area contributed by atoms with Crippen LogP contribution in [0.2, 0.25) is 0 Å². The largest absolute Gasteiger partial charge is 0.384 e. The highest BCUT2D eigenvalue weighted by Crippen LogP contribution is 2.30. The lowest BCUT2D eigenvalue weighted by molar-refractivity contribution is 0.955. The van der Waals surface area contributed by atoms with Gasteiger partial charge in [0.15, 0.2) is 0 Å². The number of hydrogen-bond donors (Lipinski definition) is 1. The van der Waals surface area contributed by atoms with E-state index in [4.69, 9.17) is 4.98 Å². The van der Waals surface area contributed by atoms with E-state index in [1.165, 1.54) is 27.9 Å². The molecule has 1 aliphatic heterocycles. The van der Waals surface area contributed by atoms with Crippen molar-refractivity contribution in [1.29, 1.82) is 0 Å². The van der Waals surface area contributed by atoms with E-state index < -0.39 is 0 Å². The van der Waals surface area contributed by atoms with Gasteiger partial charge in [0.25, 0.3) is 0 Å². The molecule has 0 atom stereocenters. The van der Waals surface area contributed by atoms with Crippen LogP contribution in [0.3, 0.4) is 0 Å². The van der Waals surface area contributed by atoms with Gasteiger partial charge >= 0.3 is 0 Å². The third kappa shape index (κ3) is 1.56. The molecule has 3 aromatic rings. The van der Waals surface area contributed by atoms with Crippen molar-refractivity contribution >= 4 is 16.7 Å². The second-order valence-corrected chi connectivity index (χ2v) is 5.49. The normalized spacial score (nSPS) is 13.5. The van der Waals surface area contributed by atoms with Crippen LogP contribution < -0.4 is 5.32 Å². The Balaban J connectivity index is 1.94. The molecule has 1 aromatic heterocycles. The first-order chi connectivity index (χ1) is 9.74. The van der Waals surface area contributed by atoms with Gasteiger partial charge < -0.3 is 9.88 Å². The summed E-state index contributed by atoms with van der Waals surface area (Å²) < 4.78 is 2.20. The molecule has 4 rings (SSSR count). The third-order valence-corrected chi connectivity index (χ3v) is 4.17. The van der Waals surface area contributed by atoms with E-state index >= 15 is 0 Å². The van der Waals surface area contributed by atoms with Crippen LogP contribution in [-0.2, 0) is 13.5 Å². The van der Waals surface area contributed by atoms with Gasteiger partial charge in [0.2, 0.25) is 0 Å². The quantitative estimate of drug-likeness (QED) is 0.728. The lowest BCUT2D eigenvalue weighted by atomic mass is 10.1. The number of hydrogen-bond acceptors (Lipinski definition) is 2. The maximum absolute atomic E-state index is 4.80. The molecule has 0 unspecified atom stereocenters. The number of rotatable bonds is 1. The number of benzene rings is 2. The lowest BCUT2D eigenvalue weighted by Gasteiger charge is -2.06. The molecule has 0 saturated heterocycles. The van der Waals surface area contributed by atoms with Crippen LogP contribution in [0.4, 0.5) is 5.69 Å². The summed E-state index contributed by atoms with van der Waals surface area (Å²) in [6.45, 7) is 3.18. The van der Waals surface area contributed by atoms with Crippen molar-refractivity contribution in [3.63, 3.8) is 0 Å². The summed E-state index contributed by atoms with van der Waals surface area (Å²) in [5.41, 5.74) is 7.39. The predicted molar refractivity (Wildman–Crippen MR) is 83.1 cm³/mol. The SMILES string of the molecule is Cc1cccc2nc(-c3ccc4c(c3)NCC4)n(C)c12. The maximum Gasteiger partial charge on any atom is 0.140 e. The number of para-hydroxylation sites is 1. The first-order valence-corrected chi connectivity index (χ1v) is 7.03. The molecule has 0 fully saturated rings. The second kappa shape index (κ2) is 4.10. The summed E-state index contributed by atoms with van der Waals surface area (Å²) in [4.78, 5) is 4.80. The first kappa shape index (κ1) is 11.5. The monoisotopic (exact) mass is 263 g/mol. The average molecular weight is 263 g/mol. The van der Waals surface area contributed by atoms with Crippen molar-refractivity contribution in [1.82, 2.24) is 9.55 Å². The van der Waals surface area contributed by atoms with Crippen molar-refractivity contribution in [2.75, 3.05) is 11.9 Å². The lowest BCUT2D eigenvalue weighted by Crippen LogP contribution is -1.95. The van der Waals surface area contributed by atoms with E-state index in [0.717, 1.165) is 24.3 Å². The van der Waals surface area contributed by atoms with Gasteiger partial charge in [-0.25, -0.2) is 4.98 Å². The summed E-state index contributed by atoms with van der Waals surface area (Å²) in [7, 11) is 2.10. The molecule has 0 spiro atoms. The molecule has 0 aliphatic carbocycles. The topological polar surface area (TPSA) is 29.9 Å². The molecule has 0 amide bonds. The molecule has 100 valence electrons. The Kier molecular flexibility index (Phi) is 2.36. The fraction of sp³-hybridized carbons (Fsp3) is 0.235. The Labute approximate surface area is 118 Å². The minimum atomic E-state index is 1.03. The van der Waals surface area contributed by atoms with Crippen LogP contribution in [0.5, 0.6) is 0 Å². The number of aryl methyl sites for hydroxylation is 2. The number of nitrogens with zero attached hydrogens (tertiary/aromatic N) is 2. The van der Waals surface area contributed by atoms with E-state index in [1.54, 1.807) is 0 Å². The van der Waals surface area contributed by atoms with Crippen molar-refractivity contribution in [2.24, 2.45) is 7.05 Å². The van der Waals surface area contributed by atoms with Crippen LogP contribution in [0.25, 0.3) is 22.4 Å². The van der Waals surface area contributed by atoms with Crippen LogP contribution in [0.1, 0.15) is 11.1 Å². The zero-order chi connectivity index (χ0) is 13.7. The molecule has 0 radical (unpaired) electrons. The van der Waals surface area contributed by atoms with Gasteiger partial charge in [0, 0.05) is 24.8 Å². The van der Waals surface area contributed by atoms with Crippen LogP contribution in [-0.4, -0.2) is 16.1 Å². The molecule has 3 nitrogen and oxygen atoms in total. The summed E-state index contributed by atoms with van der Waals surface area (Å²) in [6, 6.07) is 12.9. The zero-order valence-corrected chi connectivity index (χ0v) is 11.8. The van der Waals surface area contributed by atoms with Gasteiger partial charge in [0.1, 0.15) is 5.82 Å². The van der Waals surface area contributed by atoms with Crippen LogP contribution in [0.15, 0.2) is 36.4 Å². The fourth-order valence-corrected chi connectivity index (χ4v) is 3.15. The molecule has 0 saturated carbocycles. The van der Waals surface area contributed by atoms with Crippen LogP contribution in [0, 0.1) is 6.92 Å². The molecule has 3 heteroatoms. The Morgan fingerprint density at radius 3 is 2.95 bits per heavy atom. The van der Waals surface area contributed by atoms with Gasteiger partial charge in [-0.3, -0.25) is 0 Å².